The summed E-state index contributed by atoms with van der Waals surface area (Å²) in [6, 6.07) is 1.98. The van der Waals surface area contributed by atoms with Gasteiger partial charge in [-0.05, 0) is 18.6 Å². The fraction of sp³-hybridized carbons (Fsp3) is 0.263. The Morgan fingerprint density at radius 2 is 2.18 bits per heavy atom. The Balaban J connectivity index is 1.49. The van der Waals surface area contributed by atoms with E-state index >= 15 is 0 Å². The molecule has 5 N–H and O–H groups in total. The maximum atomic E-state index is 12.8. The van der Waals surface area contributed by atoms with E-state index in [2.05, 4.69) is 15.5 Å². The van der Waals surface area contributed by atoms with Gasteiger partial charge in [0.05, 0.1) is 0 Å². The number of carbonyl (C=O) groups is 3. The normalized spacial score (nSPS) is 20.1. The molecule has 2 aromatic heterocycles. The first-order chi connectivity index (χ1) is 16.2. The summed E-state index contributed by atoms with van der Waals surface area (Å²) in [5.41, 5.74) is 5.05. The molecule has 2 aliphatic heterocycles. The SMILES string of the molecule is Cc1cc(SCC2=C(C(=O)O)N3C(=O)[C@@H](NC(=O)/C(=N\O)c4csc(N)n4)[C@@H]3SC2)cc(=O)o1. The summed E-state index contributed by atoms with van der Waals surface area (Å²) in [5, 5.41) is 25.4. The molecule has 4 heterocycles. The molecule has 1 fully saturated rings. The number of carboxylic acids is 1. The van der Waals surface area contributed by atoms with Gasteiger partial charge in [0.25, 0.3) is 11.8 Å². The summed E-state index contributed by atoms with van der Waals surface area (Å²) < 4.78 is 4.92. The van der Waals surface area contributed by atoms with E-state index in [-0.39, 0.29) is 22.3 Å². The number of nitrogens with two attached hydrogens (primary N) is 1. The number of β-lactam (4-membered cyclic amide) rings is 1. The molecule has 1 saturated heterocycles. The van der Waals surface area contributed by atoms with Crippen LogP contribution in [-0.4, -0.2) is 66.6 Å². The third-order valence-corrected chi connectivity index (χ3v) is 7.97. The zero-order valence-electron chi connectivity index (χ0n) is 17.4. The number of thioether (sulfide) groups is 2. The number of carbonyl (C=O) groups excluding carboxylic acids is 2. The minimum absolute atomic E-state index is 0.0537. The van der Waals surface area contributed by atoms with Gasteiger partial charge in [-0.3, -0.25) is 14.5 Å². The number of aliphatic carboxylic acids is 1. The van der Waals surface area contributed by atoms with E-state index in [0.29, 0.717) is 22.0 Å². The van der Waals surface area contributed by atoms with Crippen molar-refractivity contribution in [3.05, 3.63) is 50.7 Å². The van der Waals surface area contributed by atoms with Crippen LogP contribution < -0.4 is 16.7 Å². The van der Waals surface area contributed by atoms with Gasteiger partial charge in [-0.25, -0.2) is 14.6 Å². The molecule has 34 heavy (non-hydrogen) atoms. The monoisotopic (exact) mass is 523 g/mol. The van der Waals surface area contributed by atoms with Gasteiger partial charge in [0.2, 0.25) is 0 Å². The van der Waals surface area contributed by atoms with Crippen molar-refractivity contribution < 1.29 is 29.1 Å². The Morgan fingerprint density at radius 1 is 1.41 bits per heavy atom. The van der Waals surface area contributed by atoms with E-state index in [9.17, 15) is 29.5 Å². The fourth-order valence-electron chi connectivity index (χ4n) is 3.44. The lowest BCUT2D eigenvalue weighted by molar-refractivity contribution is -0.150. The van der Waals surface area contributed by atoms with Crippen LogP contribution in [0.1, 0.15) is 11.5 Å². The van der Waals surface area contributed by atoms with Gasteiger partial charge in [0, 0.05) is 27.8 Å². The molecule has 0 bridgehead atoms. The lowest BCUT2D eigenvalue weighted by Gasteiger charge is -2.49. The molecule has 15 heteroatoms. The maximum absolute atomic E-state index is 12.8. The molecule has 0 radical (unpaired) electrons. The number of nitrogens with one attached hydrogen (secondary N) is 1. The van der Waals surface area contributed by atoms with E-state index in [0.717, 1.165) is 16.2 Å². The van der Waals surface area contributed by atoms with Crippen LogP contribution in [0, 0.1) is 6.92 Å². The Bertz CT molecular complexity index is 1300. The number of aryl methyl sites for hydroxylation is 1. The number of nitrogen functional groups attached to an aromatic ring is 1. The molecular formula is C19H17N5O7S3. The molecule has 12 nitrogen and oxygen atoms in total. The highest BCUT2D eigenvalue weighted by molar-refractivity contribution is 8.01. The quantitative estimate of drug-likeness (QED) is 0.131. The van der Waals surface area contributed by atoms with Gasteiger partial charge >= 0.3 is 11.6 Å². The van der Waals surface area contributed by atoms with E-state index < -0.39 is 40.5 Å². The molecule has 2 aromatic rings. The Kier molecular flexibility index (Phi) is 6.67. The van der Waals surface area contributed by atoms with Crippen molar-refractivity contribution in [3.63, 3.8) is 0 Å². The van der Waals surface area contributed by atoms with Crippen molar-refractivity contribution in [3.8, 4) is 0 Å². The second kappa shape index (κ2) is 9.52. The largest absolute Gasteiger partial charge is 0.477 e. The molecule has 178 valence electrons. The molecular weight excluding hydrogens is 506 g/mol. The van der Waals surface area contributed by atoms with Crippen LogP contribution in [0.5, 0.6) is 0 Å². The fourth-order valence-corrected chi connectivity index (χ4v) is 6.47. The summed E-state index contributed by atoms with van der Waals surface area (Å²) in [7, 11) is 0. The number of oxime groups is 1. The van der Waals surface area contributed by atoms with Crippen LogP contribution in [0.15, 0.2) is 48.0 Å². The highest BCUT2D eigenvalue weighted by Gasteiger charge is 2.54. The standard InChI is InChI=1S/C19H17N5O7S3/c1-7-2-9(3-11(25)31-7)32-4-8-5-33-17-13(16(27)24(17)14(8)18(28)29)22-15(26)12(23-30)10-6-34-19(20)21-10/h2-3,6,13,17,30H,4-5H2,1H3,(H2,20,21)(H,22,26)(H,28,29)/b23-12-/t13-,17+/m1/s1. The molecule has 0 spiro atoms. The maximum Gasteiger partial charge on any atom is 0.352 e. The highest BCUT2D eigenvalue weighted by atomic mass is 32.2. The third-order valence-electron chi connectivity index (χ3n) is 4.90. The molecule has 0 aliphatic carbocycles. The van der Waals surface area contributed by atoms with Crippen molar-refractivity contribution >= 4 is 63.5 Å². The first-order valence-corrected chi connectivity index (χ1v) is 12.5. The van der Waals surface area contributed by atoms with Crippen LogP contribution >= 0.6 is 34.9 Å². The number of aromatic nitrogens is 1. The van der Waals surface area contributed by atoms with E-state index in [1.165, 1.54) is 35.0 Å². The van der Waals surface area contributed by atoms with Crippen LogP contribution in [-0.2, 0) is 14.4 Å². The zero-order chi connectivity index (χ0) is 24.6. The highest BCUT2D eigenvalue weighted by Crippen LogP contribution is 2.41. The molecule has 0 aromatic carbocycles. The number of amides is 2. The van der Waals surface area contributed by atoms with Crippen LogP contribution in [0.25, 0.3) is 0 Å². The average Bonchev–Trinajstić information content (AvgIpc) is 3.20. The third kappa shape index (κ3) is 4.53. The molecule has 2 atom stereocenters. The van der Waals surface area contributed by atoms with E-state index in [4.69, 9.17) is 10.2 Å². The zero-order valence-corrected chi connectivity index (χ0v) is 19.8. The summed E-state index contributed by atoms with van der Waals surface area (Å²) in [5.74, 6) is -1.72. The lowest BCUT2D eigenvalue weighted by atomic mass is 10.0. The summed E-state index contributed by atoms with van der Waals surface area (Å²) in [6.45, 7) is 1.64. The van der Waals surface area contributed by atoms with Gasteiger partial charge < -0.3 is 25.8 Å². The first-order valence-electron chi connectivity index (χ1n) is 9.58. The van der Waals surface area contributed by atoms with Gasteiger partial charge in [-0.1, -0.05) is 5.16 Å². The molecule has 0 unspecified atom stereocenters. The number of hydrogen-bond acceptors (Lipinski definition) is 12. The summed E-state index contributed by atoms with van der Waals surface area (Å²) >= 11 is 3.61. The van der Waals surface area contributed by atoms with Crippen molar-refractivity contribution in [2.24, 2.45) is 5.16 Å². The second-order valence-corrected chi connectivity index (χ2v) is 10.2. The average molecular weight is 524 g/mol. The summed E-state index contributed by atoms with van der Waals surface area (Å²) in [6.07, 6.45) is 0. The van der Waals surface area contributed by atoms with Gasteiger partial charge in [-0.2, -0.15) is 0 Å². The number of rotatable bonds is 7. The first kappa shape index (κ1) is 23.8. The second-order valence-electron chi connectivity index (χ2n) is 7.15. The van der Waals surface area contributed by atoms with Crippen LogP contribution in [0.2, 0.25) is 0 Å². The van der Waals surface area contributed by atoms with Crippen LogP contribution in [0.3, 0.4) is 0 Å². The predicted octanol–water partition coefficient (Wildman–Crippen LogP) is 0.696. The van der Waals surface area contributed by atoms with Crippen molar-refractivity contribution in [1.82, 2.24) is 15.2 Å². The van der Waals surface area contributed by atoms with Crippen molar-refractivity contribution in [1.29, 1.82) is 0 Å². The molecule has 4 rings (SSSR count). The molecule has 0 saturated carbocycles. The minimum Gasteiger partial charge on any atom is -0.477 e. The number of hydrogen-bond donors (Lipinski definition) is 4. The lowest BCUT2D eigenvalue weighted by Crippen LogP contribution is -2.71. The van der Waals surface area contributed by atoms with E-state index in [1.54, 1.807) is 13.0 Å². The van der Waals surface area contributed by atoms with Gasteiger partial charge in [0.1, 0.15) is 28.6 Å². The van der Waals surface area contributed by atoms with Crippen molar-refractivity contribution in [2.45, 2.75) is 23.2 Å². The number of fused-ring (bicyclic) bond motifs is 1. The molecule has 2 aliphatic rings. The van der Waals surface area contributed by atoms with Crippen molar-refractivity contribution in [2.75, 3.05) is 17.2 Å². The van der Waals surface area contributed by atoms with Gasteiger partial charge in [-0.15, -0.1) is 34.9 Å². The number of thiazole rings is 1. The predicted molar refractivity (Wildman–Crippen MR) is 125 cm³/mol. The number of nitrogens with zero attached hydrogens (tertiary/aromatic N) is 3. The Morgan fingerprint density at radius 3 is 2.79 bits per heavy atom. The van der Waals surface area contributed by atoms with E-state index in [1.807, 2.05) is 0 Å². The van der Waals surface area contributed by atoms with Crippen LogP contribution in [0.4, 0.5) is 5.13 Å². The summed E-state index contributed by atoms with van der Waals surface area (Å²) in [4.78, 5) is 54.6. The topological polar surface area (TPSA) is 188 Å². The Labute approximate surface area is 203 Å². The minimum atomic E-state index is -1.27. The Hall–Kier alpha value is -3.30. The molecule has 2 amide bonds. The smallest absolute Gasteiger partial charge is 0.352 e. The number of anilines is 1. The van der Waals surface area contributed by atoms with Gasteiger partial charge in [0.15, 0.2) is 10.8 Å². The number of carboxylic acid groups (broad SMARTS) is 1.